The van der Waals surface area contributed by atoms with E-state index in [0.717, 1.165) is 30.7 Å². The predicted molar refractivity (Wildman–Crippen MR) is 85.5 cm³/mol. The van der Waals surface area contributed by atoms with Crippen molar-refractivity contribution in [2.24, 2.45) is 0 Å². The van der Waals surface area contributed by atoms with E-state index in [2.05, 4.69) is 16.9 Å². The van der Waals surface area contributed by atoms with Gasteiger partial charge in [-0.15, -0.1) is 0 Å². The Morgan fingerprint density at radius 2 is 2.09 bits per heavy atom. The Morgan fingerprint density at radius 3 is 2.87 bits per heavy atom. The summed E-state index contributed by atoms with van der Waals surface area (Å²) in [5, 5.41) is 0. The van der Waals surface area contributed by atoms with Gasteiger partial charge in [0.25, 0.3) is 0 Å². The Morgan fingerprint density at radius 1 is 1.26 bits per heavy atom. The number of halogens is 1. The monoisotopic (exact) mass is 313 g/mol. The number of fused-ring (bicyclic) bond motifs is 1. The Hall–Kier alpha value is -2.30. The molecule has 0 radical (unpaired) electrons. The zero-order valence-electron chi connectivity index (χ0n) is 13.3. The van der Waals surface area contributed by atoms with Crippen LogP contribution in [0.3, 0.4) is 0 Å². The predicted octanol–water partition coefficient (Wildman–Crippen LogP) is 2.35. The van der Waals surface area contributed by atoms with E-state index in [-0.39, 0.29) is 18.1 Å². The third-order valence-corrected chi connectivity index (χ3v) is 4.31. The van der Waals surface area contributed by atoms with Crippen LogP contribution in [-0.2, 0) is 30.5 Å². The van der Waals surface area contributed by atoms with Gasteiger partial charge in [0, 0.05) is 30.9 Å². The fourth-order valence-electron chi connectivity index (χ4n) is 3.08. The van der Waals surface area contributed by atoms with E-state index in [1.165, 1.54) is 17.7 Å². The zero-order valence-corrected chi connectivity index (χ0v) is 13.3. The number of benzene rings is 1. The highest BCUT2D eigenvalue weighted by atomic mass is 19.1. The first-order valence-corrected chi connectivity index (χ1v) is 8.01. The molecule has 5 heteroatoms. The van der Waals surface area contributed by atoms with Crippen LogP contribution in [0.15, 0.2) is 30.6 Å². The molecular formula is C18H20FN3O. The number of aromatic nitrogens is 2. The molecule has 23 heavy (non-hydrogen) atoms. The van der Waals surface area contributed by atoms with Gasteiger partial charge in [-0.05, 0) is 36.1 Å². The van der Waals surface area contributed by atoms with E-state index >= 15 is 0 Å². The van der Waals surface area contributed by atoms with E-state index in [1.54, 1.807) is 18.5 Å². The van der Waals surface area contributed by atoms with E-state index in [1.807, 2.05) is 4.90 Å². The number of aryl methyl sites for hydroxylation is 1. The van der Waals surface area contributed by atoms with Crippen LogP contribution >= 0.6 is 0 Å². The fraction of sp³-hybridized carbons (Fsp3) is 0.389. The summed E-state index contributed by atoms with van der Waals surface area (Å²) in [5.41, 5.74) is 4.04. The number of carbonyl (C=O) groups is 1. The molecule has 0 N–H and O–H groups in total. The van der Waals surface area contributed by atoms with Crippen molar-refractivity contribution >= 4 is 5.91 Å². The van der Waals surface area contributed by atoms with Gasteiger partial charge in [-0.2, -0.15) is 0 Å². The maximum Gasteiger partial charge on any atom is 0.227 e. The molecule has 0 saturated heterocycles. The van der Waals surface area contributed by atoms with Crippen molar-refractivity contribution in [3.05, 3.63) is 58.9 Å². The summed E-state index contributed by atoms with van der Waals surface area (Å²) in [6, 6.07) is 6.24. The van der Waals surface area contributed by atoms with Crippen LogP contribution in [-0.4, -0.2) is 33.9 Å². The normalized spacial score (nSPS) is 14.3. The van der Waals surface area contributed by atoms with Crippen molar-refractivity contribution in [2.75, 3.05) is 13.1 Å². The molecule has 0 atom stereocenters. The second-order valence-corrected chi connectivity index (χ2v) is 5.79. The Kier molecular flexibility index (Phi) is 4.65. The number of amides is 1. The number of rotatable bonds is 3. The Labute approximate surface area is 135 Å². The van der Waals surface area contributed by atoms with Crippen molar-refractivity contribution < 1.29 is 9.18 Å². The standard InChI is InChI=1S/C18H20FN3O/c1-2-16-15-6-8-22(9-7-17(15)21-12-20-16)18(23)11-13-4-3-5-14(19)10-13/h3-5,10,12H,2,6-9,11H2,1H3. The van der Waals surface area contributed by atoms with E-state index < -0.39 is 0 Å². The summed E-state index contributed by atoms with van der Waals surface area (Å²) in [7, 11) is 0. The number of nitrogens with zero attached hydrogens (tertiary/aromatic N) is 3. The minimum Gasteiger partial charge on any atom is -0.342 e. The lowest BCUT2D eigenvalue weighted by atomic mass is 10.1. The summed E-state index contributed by atoms with van der Waals surface area (Å²) in [5.74, 6) is -0.268. The minimum absolute atomic E-state index is 0.0365. The molecule has 0 spiro atoms. The molecule has 4 nitrogen and oxygen atoms in total. The number of carbonyl (C=O) groups excluding carboxylic acids is 1. The second-order valence-electron chi connectivity index (χ2n) is 5.79. The van der Waals surface area contributed by atoms with Crippen LogP contribution in [0, 0.1) is 5.82 Å². The van der Waals surface area contributed by atoms with Crippen LogP contribution in [0.4, 0.5) is 4.39 Å². The summed E-state index contributed by atoms with van der Waals surface area (Å²) in [4.78, 5) is 23.1. The highest BCUT2D eigenvalue weighted by molar-refractivity contribution is 5.78. The molecule has 1 amide bonds. The van der Waals surface area contributed by atoms with Crippen LogP contribution < -0.4 is 0 Å². The number of hydrogen-bond donors (Lipinski definition) is 0. The van der Waals surface area contributed by atoms with Gasteiger partial charge in [0.1, 0.15) is 12.1 Å². The van der Waals surface area contributed by atoms with Crippen LogP contribution in [0.2, 0.25) is 0 Å². The van der Waals surface area contributed by atoms with Gasteiger partial charge in [-0.25, -0.2) is 14.4 Å². The smallest absolute Gasteiger partial charge is 0.227 e. The van der Waals surface area contributed by atoms with Crippen molar-refractivity contribution in [1.82, 2.24) is 14.9 Å². The van der Waals surface area contributed by atoms with Crippen molar-refractivity contribution in [3.8, 4) is 0 Å². The summed E-state index contributed by atoms with van der Waals surface area (Å²) >= 11 is 0. The highest BCUT2D eigenvalue weighted by Crippen LogP contribution is 2.18. The van der Waals surface area contributed by atoms with E-state index in [9.17, 15) is 9.18 Å². The maximum absolute atomic E-state index is 13.2. The van der Waals surface area contributed by atoms with Crippen molar-refractivity contribution in [3.63, 3.8) is 0 Å². The van der Waals surface area contributed by atoms with E-state index in [4.69, 9.17) is 0 Å². The Balaban J connectivity index is 1.70. The summed E-state index contributed by atoms with van der Waals surface area (Å²) in [6.07, 6.45) is 4.26. The van der Waals surface area contributed by atoms with Crippen LogP contribution in [0.1, 0.15) is 29.4 Å². The number of hydrogen-bond acceptors (Lipinski definition) is 3. The van der Waals surface area contributed by atoms with Crippen molar-refractivity contribution in [1.29, 1.82) is 0 Å². The van der Waals surface area contributed by atoms with Gasteiger partial charge in [-0.1, -0.05) is 19.1 Å². The van der Waals surface area contributed by atoms with Gasteiger partial charge >= 0.3 is 0 Å². The first-order chi connectivity index (χ1) is 11.2. The first-order valence-electron chi connectivity index (χ1n) is 8.01. The van der Waals surface area contributed by atoms with Crippen LogP contribution in [0.25, 0.3) is 0 Å². The molecule has 1 aromatic carbocycles. The molecule has 0 saturated carbocycles. The first kappa shape index (κ1) is 15.6. The molecule has 0 fully saturated rings. The largest absolute Gasteiger partial charge is 0.342 e. The summed E-state index contributed by atoms with van der Waals surface area (Å²) in [6.45, 7) is 3.41. The molecule has 120 valence electrons. The molecule has 2 heterocycles. The van der Waals surface area contributed by atoms with Gasteiger partial charge in [0.15, 0.2) is 0 Å². The lowest BCUT2D eigenvalue weighted by Gasteiger charge is -2.20. The molecule has 3 rings (SSSR count). The quantitative estimate of drug-likeness (QED) is 0.874. The highest BCUT2D eigenvalue weighted by Gasteiger charge is 2.21. The van der Waals surface area contributed by atoms with Crippen LogP contribution in [0.5, 0.6) is 0 Å². The molecular weight excluding hydrogens is 293 g/mol. The van der Waals surface area contributed by atoms with Gasteiger partial charge in [-0.3, -0.25) is 4.79 Å². The average molecular weight is 313 g/mol. The summed E-state index contributed by atoms with van der Waals surface area (Å²) < 4.78 is 13.2. The maximum atomic E-state index is 13.2. The molecule has 1 aliphatic heterocycles. The van der Waals surface area contributed by atoms with E-state index in [0.29, 0.717) is 18.7 Å². The fourth-order valence-corrected chi connectivity index (χ4v) is 3.08. The third kappa shape index (κ3) is 3.55. The lowest BCUT2D eigenvalue weighted by Crippen LogP contribution is -2.34. The SMILES string of the molecule is CCc1ncnc2c1CCN(C(=O)Cc1cccc(F)c1)CC2. The van der Waals surface area contributed by atoms with Gasteiger partial charge in [0.2, 0.25) is 5.91 Å². The average Bonchev–Trinajstić information content (AvgIpc) is 2.77. The molecule has 1 aromatic heterocycles. The third-order valence-electron chi connectivity index (χ3n) is 4.31. The molecule has 0 aliphatic carbocycles. The van der Waals surface area contributed by atoms with Crippen molar-refractivity contribution in [2.45, 2.75) is 32.6 Å². The lowest BCUT2D eigenvalue weighted by molar-refractivity contribution is -0.130. The Bertz CT molecular complexity index is 717. The zero-order chi connectivity index (χ0) is 16.2. The molecule has 2 aromatic rings. The molecule has 1 aliphatic rings. The molecule has 0 unspecified atom stereocenters. The topological polar surface area (TPSA) is 46.1 Å². The minimum atomic E-state index is -0.304. The second kappa shape index (κ2) is 6.86. The molecule has 0 bridgehead atoms. The van der Waals surface area contributed by atoms with Gasteiger partial charge < -0.3 is 4.90 Å². The van der Waals surface area contributed by atoms with Gasteiger partial charge in [0.05, 0.1) is 6.42 Å².